The van der Waals surface area contributed by atoms with E-state index in [2.05, 4.69) is 28.5 Å². The Kier molecular flexibility index (Phi) is 3.87. The van der Waals surface area contributed by atoms with Gasteiger partial charge in [0, 0.05) is 24.2 Å². The van der Waals surface area contributed by atoms with Crippen molar-refractivity contribution in [1.29, 1.82) is 0 Å². The third kappa shape index (κ3) is 2.95. The molecule has 0 radical (unpaired) electrons. The molecule has 0 saturated carbocycles. The Morgan fingerprint density at radius 2 is 2.04 bits per heavy atom. The normalized spacial score (nSPS) is 16.6. The van der Waals surface area contributed by atoms with Crippen LogP contribution in [0, 0.1) is 13.8 Å². The average molecular weight is 335 g/mol. The zero-order valence-electron chi connectivity index (χ0n) is 14.4. The summed E-state index contributed by atoms with van der Waals surface area (Å²) in [6.45, 7) is 4.86. The Hall–Kier alpha value is -2.89. The van der Waals surface area contributed by atoms with Crippen molar-refractivity contribution in [2.45, 2.75) is 39.2 Å². The Morgan fingerprint density at radius 3 is 2.76 bits per heavy atom. The van der Waals surface area contributed by atoms with Crippen molar-refractivity contribution in [3.8, 4) is 5.69 Å². The lowest BCUT2D eigenvalue weighted by Crippen LogP contribution is -2.25. The summed E-state index contributed by atoms with van der Waals surface area (Å²) in [6, 6.07) is 11.9. The fourth-order valence-electron chi connectivity index (χ4n) is 3.50. The first-order valence-corrected chi connectivity index (χ1v) is 8.56. The quantitative estimate of drug-likeness (QED) is 0.796. The molecule has 0 fully saturated rings. The molecule has 0 bridgehead atoms. The molecule has 0 aliphatic carbocycles. The van der Waals surface area contributed by atoms with Gasteiger partial charge in [-0.1, -0.05) is 18.2 Å². The fraction of sp³-hybridized carbons (Fsp3) is 0.316. The SMILES string of the molecule is Cc1cc(C)n(CCC2CC(=O)Nc3c2cnn3-c2ccccc2)n1. The van der Waals surface area contributed by atoms with Gasteiger partial charge in [-0.3, -0.25) is 9.48 Å². The molecule has 1 aliphatic rings. The smallest absolute Gasteiger partial charge is 0.226 e. The molecule has 1 aromatic carbocycles. The van der Waals surface area contributed by atoms with Gasteiger partial charge in [0.2, 0.25) is 5.91 Å². The lowest BCUT2D eigenvalue weighted by Gasteiger charge is -2.23. The van der Waals surface area contributed by atoms with Crippen molar-refractivity contribution < 1.29 is 4.79 Å². The molecule has 0 spiro atoms. The molecule has 3 aromatic rings. The van der Waals surface area contributed by atoms with Gasteiger partial charge < -0.3 is 5.32 Å². The number of anilines is 1. The number of carbonyl (C=O) groups excluding carboxylic acids is 1. The van der Waals surface area contributed by atoms with E-state index in [9.17, 15) is 4.79 Å². The number of hydrogen-bond donors (Lipinski definition) is 1. The molecule has 128 valence electrons. The van der Waals surface area contributed by atoms with E-state index in [4.69, 9.17) is 0 Å². The highest BCUT2D eigenvalue weighted by Gasteiger charge is 2.29. The highest BCUT2D eigenvalue weighted by Crippen LogP contribution is 2.36. The summed E-state index contributed by atoms with van der Waals surface area (Å²) in [4.78, 5) is 12.2. The Labute approximate surface area is 146 Å². The Morgan fingerprint density at radius 1 is 1.24 bits per heavy atom. The monoisotopic (exact) mass is 335 g/mol. The van der Waals surface area contributed by atoms with Crippen molar-refractivity contribution in [3.63, 3.8) is 0 Å². The summed E-state index contributed by atoms with van der Waals surface area (Å²) in [7, 11) is 0. The van der Waals surface area contributed by atoms with Crippen LogP contribution in [0.5, 0.6) is 0 Å². The number of nitrogens with zero attached hydrogens (tertiary/aromatic N) is 4. The molecule has 1 unspecified atom stereocenters. The van der Waals surface area contributed by atoms with E-state index in [1.54, 1.807) is 0 Å². The number of fused-ring (bicyclic) bond motifs is 1. The van der Waals surface area contributed by atoms with Gasteiger partial charge in [-0.25, -0.2) is 4.68 Å². The molecule has 6 nitrogen and oxygen atoms in total. The van der Waals surface area contributed by atoms with Gasteiger partial charge in [0.05, 0.1) is 17.6 Å². The minimum absolute atomic E-state index is 0.0450. The van der Waals surface area contributed by atoms with E-state index in [1.165, 1.54) is 0 Å². The Balaban J connectivity index is 1.61. The third-order valence-corrected chi connectivity index (χ3v) is 4.72. The van der Waals surface area contributed by atoms with Crippen LogP contribution in [-0.2, 0) is 11.3 Å². The van der Waals surface area contributed by atoms with E-state index < -0.39 is 0 Å². The van der Waals surface area contributed by atoms with E-state index in [0.717, 1.165) is 41.4 Å². The fourth-order valence-corrected chi connectivity index (χ4v) is 3.50. The highest BCUT2D eigenvalue weighted by molar-refractivity contribution is 5.94. The topological polar surface area (TPSA) is 64.7 Å². The van der Waals surface area contributed by atoms with E-state index in [1.807, 2.05) is 52.8 Å². The minimum atomic E-state index is 0.0450. The molecule has 25 heavy (non-hydrogen) atoms. The number of benzene rings is 1. The first-order chi connectivity index (χ1) is 12.1. The Bertz CT molecular complexity index is 909. The van der Waals surface area contributed by atoms with Crippen LogP contribution in [0.1, 0.15) is 35.7 Å². The first kappa shape index (κ1) is 15.6. The lowest BCUT2D eigenvalue weighted by molar-refractivity contribution is -0.116. The number of hydrogen-bond acceptors (Lipinski definition) is 3. The van der Waals surface area contributed by atoms with Crippen LogP contribution in [0.3, 0.4) is 0 Å². The lowest BCUT2D eigenvalue weighted by atomic mass is 9.91. The van der Waals surface area contributed by atoms with Gasteiger partial charge in [-0.2, -0.15) is 10.2 Å². The molecule has 3 heterocycles. The zero-order valence-corrected chi connectivity index (χ0v) is 14.4. The van der Waals surface area contributed by atoms with Crippen LogP contribution < -0.4 is 5.32 Å². The van der Waals surface area contributed by atoms with Crippen molar-refractivity contribution in [3.05, 3.63) is 59.5 Å². The molecule has 1 N–H and O–H groups in total. The standard InChI is InChI=1S/C19H21N5O/c1-13-10-14(2)23(22-13)9-8-15-11-18(25)21-19-17(15)12-20-24(19)16-6-4-3-5-7-16/h3-7,10,12,15H,8-9,11H2,1-2H3,(H,21,25). The molecule has 1 atom stereocenters. The van der Waals surface area contributed by atoms with Crippen molar-refractivity contribution in [1.82, 2.24) is 19.6 Å². The molecule has 6 heteroatoms. The van der Waals surface area contributed by atoms with E-state index >= 15 is 0 Å². The maximum atomic E-state index is 12.2. The summed E-state index contributed by atoms with van der Waals surface area (Å²) in [5.74, 6) is 0.995. The molecule has 1 amide bonds. The second-order valence-electron chi connectivity index (χ2n) is 6.58. The molecular formula is C19H21N5O. The number of aromatic nitrogens is 4. The first-order valence-electron chi connectivity index (χ1n) is 8.56. The second-order valence-corrected chi connectivity index (χ2v) is 6.58. The summed E-state index contributed by atoms with van der Waals surface area (Å²) < 4.78 is 3.83. The summed E-state index contributed by atoms with van der Waals surface area (Å²) in [5, 5.41) is 12.0. The third-order valence-electron chi connectivity index (χ3n) is 4.72. The number of para-hydroxylation sites is 1. The van der Waals surface area contributed by atoms with Crippen molar-refractivity contribution in [2.75, 3.05) is 5.32 Å². The zero-order chi connectivity index (χ0) is 17.4. The molecule has 0 saturated heterocycles. The largest absolute Gasteiger partial charge is 0.310 e. The van der Waals surface area contributed by atoms with Gasteiger partial charge in [0.1, 0.15) is 5.82 Å². The summed E-state index contributed by atoms with van der Waals surface area (Å²) in [6.07, 6.45) is 3.24. The number of amides is 1. The van der Waals surface area contributed by atoms with Crippen LogP contribution in [0.15, 0.2) is 42.6 Å². The van der Waals surface area contributed by atoms with Gasteiger partial charge in [0.25, 0.3) is 0 Å². The molecule has 2 aromatic heterocycles. The van der Waals surface area contributed by atoms with Crippen LogP contribution in [0.25, 0.3) is 5.69 Å². The van der Waals surface area contributed by atoms with E-state index in [-0.39, 0.29) is 11.8 Å². The second kappa shape index (κ2) is 6.20. The maximum Gasteiger partial charge on any atom is 0.226 e. The molecular weight excluding hydrogens is 314 g/mol. The molecule has 1 aliphatic heterocycles. The number of carbonyl (C=O) groups is 1. The number of nitrogens with one attached hydrogen (secondary N) is 1. The average Bonchev–Trinajstić information content (AvgIpc) is 3.16. The highest BCUT2D eigenvalue weighted by atomic mass is 16.1. The van der Waals surface area contributed by atoms with Crippen LogP contribution in [-0.4, -0.2) is 25.5 Å². The maximum absolute atomic E-state index is 12.2. The van der Waals surface area contributed by atoms with Crippen molar-refractivity contribution in [2.24, 2.45) is 0 Å². The number of rotatable bonds is 4. The van der Waals surface area contributed by atoms with Crippen LogP contribution >= 0.6 is 0 Å². The number of aryl methyl sites for hydroxylation is 3. The van der Waals surface area contributed by atoms with E-state index in [0.29, 0.717) is 6.42 Å². The van der Waals surface area contributed by atoms with Gasteiger partial charge in [-0.15, -0.1) is 0 Å². The molecule has 4 rings (SSSR count). The van der Waals surface area contributed by atoms with Gasteiger partial charge in [0.15, 0.2) is 0 Å². The summed E-state index contributed by atoms with van der Waals surface area (Å²) >= 11 is 0. The minimum Gasteiger partial charge on any atom is -0.310 e. The van der Waals surface area contributed by atoms with Crippen LogP contribution in [0.4, 0.5) is 5.82 Å². The van der Waals surface area contributed by atoms with Crippen molar-refractivity contribution >= 4 is 11.7 Å². The van der Waals surface area contributed by atoms with Gasteiger partial charge in [-0.05, 0) is 44.4 Å². The predicted octanol–water partition coefficient (Wildman–Crippen LogP) is 3.20. The van der Waals surface area contributed by atoms with Crippen LogP contribution in [0.2, 0.25) is 0 Å². The summed E-state index contributed by atoms with van der Waals surface area (Å²) in [5.41, 5.74) is 4.22. The predicted molar refractivity (Wildman–Crippen MR) is 95.9 cm³/mol. The van der Waals surface area contributed by atoms with Gasteiger partial charge >= 0.3 is 0 Å².